The maximum atomic E-state index is 12.6. The summed E-state index contributed by atoms with van der Waals surface area (Å²) < 4.78 is 30.5. The third-order valence-electron chi connectivity index (χ3n) is 3.83. The van der Waals surface area contributed by atoms with Crippen LogP contribution in [0.4, 0.5) is 0 Å². The first-order chi connectivity index (χ1) is 11.4. The molecule has 0 radical (unpaired) electrons. The van der Waals surface area contributed by atoms with Gasteiger partial charge < -0.3 is 0 Å². The fraction of sp³-hybridized carbons (Fsp3) is 0.250. The van der Waals surface area contributed by atoms with Crippen LogP contribution in [0, 0.1) is 0 Å². The lowest BCUT2D eigenvalue weighted by Crippen LogP contribution is -2.26. The molecule has 2 aromatic heterocycles. The Bertz CT molecular complexity index is 1020. The Kier molecular flexibility index (Phi) is 4.25. The topological polar surface area (TPSA) is 85.5 Å². The molecule has 1 N–H and O–H groups in total. The normalized spacial score (nSPS) is 13.2. The second kappa shape index (κ2) is 6.21. The van der Waals surface area contributed by atoms with Gasteiger partial charge >= 0.3 is 0 Å². The van der Waals surface area contributed by atoms with Gasteiger partial charge in [0.15, 0.2) is 0 Å². The van der Waals surface area contributed by atoms with Gasteiger partial charge in [0.2, 0.25) is 10.0 Å². The lowest BCUT2D eigenvalue weighted by molar-refractivity contribution is 0.567. The Balaban J connectivity index is 1.97. The van der Waals surface area contributed by atoms with Crippen LogP contribution in [0.5, 0.6) is 0 Å². The van der Waals surface area contributed by atoms with E-state index in [9.17, 15) is 13.2 Å². The first-order valence-corrected chi connectivity index (χ1v) is 9.06. The summed E-state index contributed by atoms with van der Waals surface area (Å²) in [5.41, 5.74) is 0.817. The minimum Gasteiger partial charge on any atom is -0.300 e. The number of nitrogens with one attached hydrogen (secondary N) is 1. The number of sulfonamides is 1. The highest BCUT2D eigenvalue weighted by Gasteiger charge is 2.21. The Labute approximate surface area is 139 Å². The van der Waals surface area contributed by atoms with E-state index in [2.05, 4.69) is 9.82 Å². The third-order valence-corrected chi connectivity index (χ3v) is 5.34. The molecule has 3 rings (SSSR count). The van der Waals surface area contributed by atoms with Crippen molar-refractivity contribution in [3.63, 3.8) is 0 Å². The summed E-state index contributed by atoms with van der Waals surface area (Å²) in [6, 6.07) is 10.3. The summed E-state index contributed by atoms with van der Waals surface area (Å²) in [4.78, 5) is 12.2. The quantitative estimate of drug-likeness (QED) is 0.760. The number of hydrogen-bond donors (Lipinski definition) is 1. The molecule has 0 saturated heterocycles. The molecule has 0 bridgehead atoms. The first-order valence-electron chi connectivity index (χ1n) is 7.57. The Morgan fingerprint density at radius 1 is 1.25 bits per heavy atom. The van der Waals surface area contributed by atoms with Crippen LogP contribution in [0.3, 0.4) is 0 Å². The summed E-state index contributed by atoms with van der Waals surface area (Å²) in [6.07, 6.45) is 2.82. The number of benzene rings is 1. The van der Waals surface area contributed by atoms with Crippen LogP contribution in [0.2, 0.25) is 0 Å². The average molecular weight is 346 g/mol. The molecule has 24 heavy (non-hydrogen) atoms. The van der Waals surface area contributed by atoms with E-state index in [-0.39, 0.29) is 22.0 Å². The van der Waals surface area contributed by atoms with E-state index >= 15 is 0 Å². The number of hydrogen-bond acceptors (Lipinski definition) is 4. The molecule has 3 aromatic rings. The smallest absolute Gasteiger partial charge is 0.291 e. The van der Waals surface area contributed by atoms with E-state index in [0.717, 1.165) is 5.56 Å². The lowest BCUT2D eigenvalue weighted by atomic mass is 10.1. The van der Waals surface area contributed by atoms with Gasteiger partial charge in [-0.25, -0.2) is 17.8 Å². The SMILES string of the molecule is CCn1ncn2cc(S(=O)(=O)N[C@H](C)c3ccccc3)cc2c1=O. The molecule has 0 spiro atoms. The van der Waals surface area contributed by atoms with Crippen LogP contribution in [0.25, 0.3) is 5.52 Å². The van der Waals surface area contributed by atoms with Gasteiger partial charge in [-0.15, -0.1) is 0 Å². The minimum atomic E-state index is -3.75. The molecular weight excluding hydrogens is 328 g/mol. The number of rotatable bonds is 5. The van der Waals surface area contributed by atoms with Crippen LogP contribution in [-0.4, -0.2) is 22.6 Å². The molecule has 0 aliphatic carbocycles. The molecule has 1 atom stereocenters. The number of nitrogens with zero attached hydrogens (tertiary/aromatic N) is 3. The Morgan fingerprint density at radius 2 is 1.96 bits per heavy atom. The van der Waals surface area contributed by atoms with Crippen LogP contribution in [0.15, 0.2) is 58.6 Å². The van der Waals surface area contributed by atoms with Gasteiger partial charge in [-0.2, -0.15) is 5.10 Å². The van der Waals surface area contributed by atoms with Crippen molar-refractivity contribution in [3.8, 4) is 0 Å². The molecule has 0 amide bonds. The van der Waals surface area contributed by atoms with E-state index in [0.29, 0.717) is 6.54 Å². The van der Waals surface area contributed by atoms with Crippen LogP contribution < -0.4 is 10.3 Å². The van der Waals surface area contributed by atoms with Crippen molar-refractivity contribution in [1.82, 2.24) is 18.9 Å². The van der Waals surface area contributed by atoms with E-state index < -0.39 is 10.0 Å². The maximum absolute atomic E-state index is 12.6. The van der Waals surface area contributed by atoms with Crippen molar-refractivity contribution in [1.29, 1.82) is 0 Å². The standard InChI is InChI=1S/C16H18N4O3S/c1-3-20-16(21)15-9-14(10-19(15)11-17-20)24(22,23)18-12(2)13-7-5-4-6-8-13/h4-12,18H,3H2,1-2H3/t12-/m1/s1. The van der Waals surface area contributed by atoms with Crippen molar-refractivity contribution < 1.29 is 8.42 Å². The highest BCUT2D eigenvalue weighted by atomic mass is 32.2. The summed E-state index contributed by atoms with van der Waals surface area (Å²) in [6.45, 7) is 3.99. The van der Waals surface area contributed by atoms with Gasteiger partial charge in [0, 0.05) is 18.8 Å². The predicted octanol–water partition coefficient (Wildman–Crippen LogP) is 1.56. The second-order valence-corrected chi connectivity index (χ2v) is 7.19. The average Bonchev–Trinajstić information content (AvgIpc) is 3.02. The summed E-state index contributed by atoms with van der Waals surface area (Å²) >= 11 is 0. The monoisotopic (exact) mass is 346 g/mol. The summed E-state index contributed by atoms with van der Waals surface area (Å²) in [5.74, 6) is 0. The zero-order chi connectivity index (χ0) is 17.3. The van der Waals surface area contributed by atoms with Gasteiger partial charge in [0.05, 0.1) is 0 Å². The van der Waals surface area contributed by atoms with Crippen molar-refractivity contribution in [2.24, 2.45) is 0 Å². The molecule has 0 aliphatic heterocycles. The van der Waals surface area contributed by atoms with Crippen LogP contribution >= 0.6 is 0 Å². The van der Waals surface area contributed by atoms with Gasteiger partial charge in [-0.1, -0.05) is 30.3 Å². The summed E-state index contributed by atoms with van der Waals surface area (Å²) in [5, 5.41) is 3.98. The fourth-order valence-electron chi connectivity index (χ4n) is 2.51. The third kappa shape index (κ3) is 2.98. The minimum absolute atomic E-state index is 0.0398. The van der Waals surface area contributed by atoms with Gasteiger partial charge in [-0.05, 0) is 25.5 Å². The van der Waals surface area contributed by atoms with E-state index in [1.807, 2.05) is 30.3 Å². The van der Waals surface area contributed by atoms with Crippen molar-refractivity contribution >= 4 is 15.5 Å². The predicted molar refractivity (Wildman–Crippen MR) is 90.3 cm³/mol. The van der Waals surface area contributed by atoms with Gasteiger partial charge in [-0.3, -0.25) is 9.20 Å². The highest BCUT2D eigenvalue weighted by molar-refractivity contribution is 7.89. The zero-order valence-electron chi connectivity index (χ0n) is 13.4. The first kappa shape index (κ1) is 16.4. The van der Waals surface area contributed by atoms with Crippen LogP contribution in [0.1, 0.15) is 25.5 Å². The fourth-order valence-corrected chi connectivity index (χ4v) is 3.76. The molecule has 2 heterocycles. The Morgan fingerprint density at radius 3 is 2.62 bits per heavy atom. The largest absolute Gasteiger partial charge is 0.300 e. The second-order valence-electron chi connectivity index (χ2n) is 5.47. The molecule has 0 aliphatic rings. The number of aromatic nitrogens is 3. The molecule has 7 nitrogen and oxygen atoms in total. The summed E-state index contributed by atoms with van der Waals surface area (Å²) in [7, 11) is -3.75. The highest BCUT2D eigenvalue weighted by Crippen LogP contribution is 2.18. The van der Waals surface area contributed by atoms with Gasteiger partial charge in [0.1, 0.15) is 16.7 Å². The van der Waals surface area contributed by atoms with E-state index in [1.54, 1.807) is 13.8 Å². The molecule has 1 aromatic carbocycles. The van der Waals surface area contributed by atoms with Gasteiger partial charge in [0.25, 0.3) is 5.56 Å². The molecule has 126 valence electrons. The Hall–Kier alpha value is -2.45. The zero-order valence-corrected chi connectivity index (χ0v) is 14.2. The van der Waals surface area contributed by atoms with E-state index in [4.69, 9.17) is 0 Å². The maximum Gasteiger partial charge on any atom is 0.291 e. The molecular formula is C16H18N4O3S. The van der Waals surface area contributed by atoms with Crippen molar-refractivity contribution in [3.05, 3.63) is 64.8 Å². The molecule has 0 fully saturated rings. The van der Waals surface area contributed by atoms with Crippen molar-refractivity contribution in [2.75, 3.05) is 0 Å². The van der Waals surface area contributed by atoms with Crippen LogP contribution in [-0.2, 0) is 16.6 Å². The lowest BCUT2D eigenvalue weighted by Gasteiger charge is -2.13. The number of aryl methyl sites for hydroxylation is 1. The molecule has 8 heteroatoms. The molecule has 0 saturated carbocycles. The van der Waals surface area contributed by atoms with Crippen molar-refractivity contribution in [2.45, 2.75) is 31.3 Å². The number of fused-ring (bicyclic) bond motifs is 1. The molecule has 0 unspecified atom stereocenters. The van der Waals surface area contributed by atoms with E-state index in [1.165, 1.54) is 27.7 Å².